The topological polar surface area (TPSA) is 50.7 Å². The number of aliphatic hydroxyl groups is 1. The molecule has 1 aromatic rings. The number of benzene rings is 1. The molecule has 1 unspecified atom stereocenters. The van der Waals surface area contributed by atoms with Crippen LogP contribution in [0.4, 0.5) is 0 Å². The van der Waals surface area contributed by atoms with Gasteiger partial charge in [-0.3, -0.25) is 0 Å². The Balaban J connectivity index is 2.50. The van der Waals surface area contributed by atoms with E-state index in [-0.39, 0.29) is 12.1 Å². The van der Waals surface area contributed by atoms with Gasteiger partial charge in [0, 0.05) is 18.7 Å². The average Bonchev–Trinajstić information content (AvgIpc) is 2.41. The molecule has 0 heterocycles. The Kier molecular flexibility index (Phi) is 7.66. The molecule has 0 spiro atoms. The number of ether oxygens (including phenoxy) is 2. The van der Waals surface area contributed by atoms with Gasteiger partial charge in [0.1, 0.15) is 18.5 Å². The lowest BCUT2D eigenvalue weighted by Crippen LogP contribution is -2.35. The van der Waals surface area contributed by atoms with Crippen LogP contribution in [0.1, 0.15) is 33.3 Å². The van der Waals surface area contributed by atoms with Crippen LogP contribution in [-0.2, 0) is 11.3 Å². The van der Waals surface area contributed by atoms with Crippen LogP contribution in [0.5, 0.6) is 5.75 Å². The molecule has 0 aliphatic rings. The van der Waals surface area contributed by atoms with E-state index < -0.39 is 6.10 Å². The van der Waals surface area contributed by atoms with Crippen molar-refractivity contribution in [3.63, 3.8) is 0 Å². The zero-order chi connectivity index (χ0) is 15.9. The Hall–Kier alpha value is -0.620. The highest BCUT2D eigenvalue weighted by molar-refractivity contribution is 9.10. The number of nitrogens with one attached hydrogen (secondary N) is 1. The number of rotatable bonds is 8. The first-order chi connectivity index (χ1) is 9.81. The van der Waals surface area contributed by atoms with E-state index in [4.69, 9.17) is 9.47 Å². The van der Waals surface area contributed by atoms with E-state index >= 15 is 0 Å². The molecular formula is C16H26BrNO3. The van der Waals surface area contributed by atoms with Gasteiger partial charge in [0.25, 0.3) is 0 Å². The van der Waals surface area contributed by atoms with Gasteiger partial charge in [-0.2, -0.15) is 0 Å². The van der Waals surface area contributed by atoms with Gasteiger partial charge in [0.05, 0.1) is 11.1 Å². The van der Waals surface area contributed by atoms with Gasteiger partial charge in [-0.15, -0.1) is 0 Å². The van der Waals surface area contributed by atoms with E-state index in [1.54, 1.807) is 0 Å². The number of halogens is 1. The SMILES string of the molecule is CCOCC(O)COc1ccc(CNC(C)(C)C)cc1Br. The molecule has 0 bridgehead atoms. The van der Waals surface area contributed by atoms with E-state index in [1.807, 2.05) is 25.1 Å². The van der Waals surface area contributed by atoms with E-state index in [0.717, 1.165) is 16.8 Å². The van der Waals surface area contributed by atoms with Gasteiger partial charge in [-0.1, -0.05) is 6.07 Å². The molecule has 0 aromatic heterocycles. The van der Waals surface area contributed by atoms with Gasteiger partial charge in [0.15, 0.2) is 0 Å². The van der Waals surface area contributed by atoms with Crippen LogP contribution in [0.3, 0.4) is 0 Å². The summed E-state index contributed by atoms with van der Waals surface area (Å²) in [5, 5.41) is 13.1. The molecule has 1 atom stereocenters. The smallest absolute Gasteiger partial charge is 0.133 e. The fraction of sp³-hybridized carbons (Fsp3) is 0.625. The van der Waals surface area contributed by atoms with Crippen molar-refractivity contribution in [3.05, 3.63) is 28.2 Å². The molecule has 2 N–H and O–H groups in total. The lowest BCUT2D eigenvalue weighted by molar-refractivity contribution is 0.0163. The zero-order valence-corrected chi connectivity index (χ0v) is 14.9. The van der Waals surface area contributed by atoms with Crippen molar-refractivity contribution in [2.45, 2.75) is 45.9 Å². The van der Waals surface area contributed by atoms with Crippen molar-refractivity contribution in [3.8, 4) is 5.75 Å². The predicted octanol–water partition coefficient (Wildman–Crippen LogP) is 3.11. The minimum atomic E-state index is -0.612. The molecule has 0 saturated heterocycles. The summed E-state index contributed by atoms with van der Waals surface area (Å²) in [5.41, 5.74) is 1.27. The van der Waals surface area contributed by atoms with Crippen LogP contribution in [-0.4, -0.2) is 36.6 Å². The second-order valence-electron chi connectivity index (χ2n) is 5.99. The predicted molar refractivity (Wildman–Crippen MR) is 88.7 cm³/mol. The minimum Gasteiger partial charge on any atom is -0.490 e. The molecular weight excluding hydrogens is 334 g/mol. The first-order valence-corrected chi connectivity index (χ1v) is 8.03. The highest BCUT2D eigenvalue weighted by Gasteiger charge is 2.10. The van der Waals surface area contributed by atoms with Gasteiger partial charge in [-0.25, -0.2) is 0 Å². The van der Waals surface area contributed by atoms with Crippen LogP contribution in [0, 0.1) is 0 Å². The Morgan fingerprint density at radius 2 is 2.00 bits per heavy atom. The maximum absolute atomic E-state index is 9.69. The van der Waals surface area contributed by atoms with Gasteiger partial charge in [0.2, 0.25) is 0 Å². The summed E-state index contributed by atoms with van der Waals surface area (Å²) in [6.45, 7) is 10.2. The van der Waals surface area contributed by atoms with E-state index in [1.165, 1.54) is 5.56 Å². The van der Waals surface area contributed by atoms with Crippen LogP contribution in [0.15, 0.2) is 22.7 Å². The summed E-state index contributed by atoms with van der Waals surface area (Å²) in [7, 11) is 0. The summed E-state index contributed by atoms with van der Waals surface area (Å²) in [6, 6.07) is 5.97. The number of aliphatic hydroxyl groups excluding tert-OH is 1. The maximum Gasteiger partial charge on any atom is 0.133 e. The van der Waals surface area contributed by atoms with E-state index in [9.17, 15) is 5.11 Å². The van der Waals surface area contributed by atoms with Gasteiger partial charge in [-0.05, 0) is 61.3 Å². The normalized spacial score (nSPS) is 13.2. The van der Waals surface area contributed by atoms with Crippen LogP contribution >= 0.6 is 15.9 Å². The second kappa shape index (κ2) is 8.73. The third-order valence-corrected chi connectivity index (χ3v) is 3.38. The van der Waals surface area contributed by atoms with E-state index in [2.05, 4.69) is 42.0 Å². The fourth-order valence-electron chi connectivity index (χ4n) is 1.63. The zero-order valence-electron chi connectivity index (χ0n) is 13.3. The molecule has 5 heteroatoms. The van der Waals surface area contributed by atoms with Crippen molar-refractivity contribution in [2.24, 2.45) is 0 Å². The molecule has 21 heavy (non-hydrogen) atoms. The quantitative estimate of drug-likeness (QED) is 0.748. The molecule has 0 fully saturated rings. The maximum atomic E-state index is 9.69. The largest absolute Gasteiger partial charge is 0.490 e. The van der Waals surface area contributed by atoms with Crippen molar-refractivity contribution >= 4 is 15.9 Å². The minimum absolute atomic E-state index is 0.0883. The van der Waals surface area contributed by atoms with Crippen molar-refractivity contribution in [1.29, 1.82) is 0 Å². The Labute approximate surface area is 136 Å². The summed E-state index contributed by atoms with van der Waals surface area (Å²) in [5.74, 6) is 0.727. The highest BCUT2D eigenvalue weighted by atomic mass is 79.9. The molecule has 0 amide bonds. The van der Waals surface area contributed by atoms with Crippen LogP contribution < -0.4 is 10.1 Å². The molecule has 0 saturated carbocycles. The van der Waals surface area contributed by atoms with Crippen molar-refractivity contribution in [1.82, 2.24) is 5.32 Å². The Morgan fingerprint density at radius 3 is 2.57 bits per heavy atom. The van der Waals surface area contributed by atoms with E-state index in [0.29, 0.717) is 13.2 Å². The first kappa shape index (κ1) is 18.4. The van der Waals surface area contributed by atoms with Crippen molar-refractivity contribution in [2.75, 3.05) is 19.8 Å². The molecule has 1 rings (SSSR count). The molecule has 4 nitrogen and oxygen atoms in total. The molecule has 0 aliphatic carbocycles. The summed E-state index contributed by atoms with van der Waals surface area (Å²) < 4.78 is 11.6. The third-order valence-electron chi connectivity index (χ3n) is 2.76. The second-order valence-corrected chi connectivity index (χ2v) is 6.85. The van der Waals surface area contributed by atoms with Crippen LogP contribution in [0.25, 0.3) is 0 Å². The van der Waals surface area contributed by atoms with Crippen LogP contribution in [0.2, 0.25) is 0 Å². The monoisotopic (exact) mass is 359 g/mol. The van der Waals surface area contributed by atoms with Crippen molar-refractivity contribution < 1.29 is 14.6 Å². The summed E-state index contributed by atoms with van der Waals surface area (Å²) in [4.78, 5) is 0. The Bertz CT molecular complexity index is 432. The molecule has 120 valence electrons. The average molecular weight is 360 g/mol. The molecule has 1 aromatic carbocycles. The summed E-state index contributed by atoms with van der Waals surface area (Å²) in [6.07, 6.45) is -0.612. The Morgan fingerprint density at radius 1 is 1.29 bits per heavy atom. The molecule has 0 radical (unpaired) electrons. The number of hydrogen-bond donors (Lipinski definition) is 2. The third kappa shape index (κ3) is 7.81. The standard InChI is InChI=1S/C16H26BrNO3/c1-5-20-10-13(19)11-21-15-7-6-12(8-14(15)17)9-18-16(2,3)4/h6-8,13,18-19H,5,9-11H2,1-4H3. The summed E-state index contributed by atoms with van der Waals surface area (Å²) >= 11 is 3.50. The van der Waals surface area contributed by atoms with Gasteiger partial charge < -0.3 is 19.9 Å². The lowest BCUT2D eigenvalue weighted by Gasteiger charge is -2.21. The number of hydrogen-bond acceptors (Lipinski definition) is 4. The first-order valence-electron chi connectivity index (χ1n) is 7.24. The fourth-order valence-corrected chi connectivity index (χ4v) is 2.17. The highest BCUT2D eigenvalue weighted by Crippen LogP contribution is 2.26. The lowest BCUT2D eigenvalue weighted by atomic mass is 10.1. The molecule has 0 aliphatic heterocycles. The van der Waals surface area contributed by atoms with Gasteiger partial charge >= 0.3 is 0 Å².